The van der Waals surface area contributed by atoms with E-state index in [1.54, 1.807) is 6.20 Å². The van der Waals surface area contributed by atoms with Gasteiger partial charge in [-0.05, 0) is 43.4 Å². The normalized spacial score (nSPS) is 15.1. The van der Waals surface area contributed by atoms with E-state index in [1.165, 1.54) is 18.4 Å². The van der Waals surface area contributed by atoms with Crippen LogP contribution in [0.3, 0.4) is 0 Å². The fraction of sp³-hybridized carbons (Fsp3) is 0.333. The monoisotopic (exact) mass is 265 g/mol. The summed E-state index contributed by atoms with van der Waals surface area (Å²) in [6.45, 7) is 0. The van der Waals surface area contributed by atoms with Crippen LogP contribution in [0.1, 0.15) is 37.7 Å². The molecule has 0 atom stereocenters. The number of rotatable bonds is 4. The number of ketones is 1. The molecule has 20 heavy (non-hydrogen) atoms. The molecule has 3 rings (SSSR count). The molecule has 0 N–H and O–H groups in total. The maximum absolute atomic E-state index is 12.3. The van der Waals surface area contributed by atoms with Crippen molar-refractivity contribution in [2.75, 3.05) is 0 Å². The number of hydrogen-bond donors (Lipinski definition) is 0. The van der Waals surface area contributed by atoms with Crippen LogP contribution in [0.2, 0.25) is 0 Å². The minimum atomic E-state index is 0.314. The van der Waals surface area contributed by atoms with E-state index >= 15 is 0 Å². The highest BCUT2D eigenvalue weighted by Crippen LogP contribution is 2.22. The van der Waals surface area contributed by atoms with Crippen molar-refractivity contribution >= 4 is 16.7 Å². The molecule has 1 aliphatic rings. The minimum Gasteiger partial charge on any atom is -0.299 e. The highest BCUT2D eigenvalue weighted by atomic mass is 16.1. The number of carbonyl (C=O) groups excluding carboxylic acids is 1. The van der Waals surface area contributed by atoms with Gasteiger partial charge in [-0.25, -0.2) is 0 Å². The number of fused-ring (bicyclic) bond motifs is 1. The summed E-state index contributed by atoms with van der Waals surface area (Å²) < 4.78 is 0. The Labute approximate surface area is 119 Å². The van der Waals surface area contributed by atoms with Crippen molar-refractivity contribution in [2.24, 2.45) is 0 Å². The third-order valence-electron chi connectivity index (χ3n) is 3.94. The average Bonchev–Trinajstić information content (AvgIpc) is 2.48. The lowest BCUT2D eigenvalue weighted by molar-refractivity contribution is -0.117. The number of nitrogens with zero attached hydrogens (tertiary/aromatic N) is 1. The van der Waals surface area contributed by atoms with Crippen molar-refractivity contribution in [3.8, 4) is 0 Å². The van der Waals surface area contributed by atoms with Gasteiger partial charge in [0, 0.05) is 24.4 Å². The molecular formula is C18H19NO. The van der Waals surface area contributed by atoms with Gasteiger partial charge in [-0.3, -0.25) is 9.78 Å². The summed E-state index contributed by atoms with van der Waals surface area (Å²) >= 11 is 0. The third-order valence-corrected chi connectivity index (χ3v) is 3.94. The fourth-order valence-corrected chi connectivity index (χ4v) is 2.90. The van der Waals surface area contributed by atoms with Gasteiger partial charge in [0.2, 0.25) is 0 Å². The summed E-state index contributed by atoms with van der Waals surface area (Å²) in [4.78, 5) is 16.6. The van der Waals surface area contributed by atoms with Crippen LogP contribution in [0.25, 0.3) is 10.9 Å². The molecule has 1 aliphatic carbocycles. The van der Waals surface area contributed by atoms with Crippen molar-refractivity contribution in [3.05, 3.63) is 53.7 Å². The van der Waals surface area contributed by atoms with Crippen molar-refractivity contribution in [1.82, 2.24) is 4.98 Å². The van der Waals surface area contributed by atoms with E-state index < -0.39 is 0 Å². The predicted molar refractivity (Wildman–Crippen MR) is 81.6 cm³/mol. The number of benzene rings is 1. The van der Waals surface area contributed by atoms with E-state index in [0.29, 0.717) is 18.6 Å². The lowest BCUT2D eigenvalue weighted by atomic mass is 9.93. The highest BCUT2D eigenvalue weighted by molar-refractivity contribution is 5.89. The first-order valence-corrected chi connectivity index (χ1v) is 7.35. The molecule has 0 fully saturated rings. The Morgan fingerprint density at radius 3 is 2.85 bits per heavy atom. The number of Topliss-reactive ketones (excluding diaryl/α,β-unsaturated/α-hetero) is 1. The highest BCUT2D eigenvalue weighted by Gasteiger charge is 2.11. The Balaban J connectivity index is 1.76. The quantitative estimate of drug-likeness (QED) is 0.774. The zero-order chi connectivity index (χ0) is 13.8. The zero-order valence-corrected chi connectivity index (χ0v) is 11.6. The van der Waals surface area contributed by atoms with Gasteiger partial charge in [-0.15, -0.1) is 0 Å². The molecular weight excluding hydrogens is 246 g/mol. The van der Waals surface area contributed by atoms with Gasteiger partial charge in [0.1, 0.15) is 5.78 Å². The molecule has 0 amide bonds. The fourth-order valence-electron chi connectivity index (χ4n) is 2.90. The standard InChI is InChI=1S/C18H19NO/c20-16(12-14-6-2-1-3-7-14)13-15-10-11-19-18-9-5-4-8-17(15)18/h4-6,8-11H,1-3,7,12-13H2. The Morgan fingerprint density at radius 1 is 1.10 bits per heavy atom. The summed E-state index contributed by atoms with van der Waals surface area (Å²) in [5.41, 5.74) is 3.39. The van der Waals surface area contributed by atoms with Gasteiger partial charge < -0.3 is 0 Å². The topological polar surface area (TPSA) is 30.0 Å². The molecule has 1 heterocycles. The SMILES string of the molecule is O=C(CC1=CCCCC1)Cc1ccnc2ccccc12. The van der Waals surface area contributed by atoms with Gasteiger partial charge >= 0.3 is 0 Å². The van der Waals surface area contributed by atoms with E-state index in [9.17, 15) is 4.79 Å². The maximum atomic E-state index is 12.3. The van der Waals surface area contributed by atoms with Gasteiger partial charge in [0.05, 0.1) is 5.52 Å². The maximum Gasteiger partial charge on any atom is 0.141 e. The van der Waals surface area contributed by atoms with Crippen molar-refractivity contribution in [3.63, 3.8) is 0 Å². The molecule has 0 saturated heterocycles. The smallest absolute Gasteiger partial charge is 0.141 e. The second kappa shape index (κ2) is 6.00. The van der Waals surface area contributed by atoms with Crippen LogP contribution < -0.4 is 0 Å². The molecule has 1 aromatic carbocycles. The molecule has 0 unspecified atom stereocenters. The molecule has 2 aromatic rings. The molecule has 0 aliphatic heterocycles. The van der Waals surface area contributed by atoms with Gasteiger partial charge in [-0.2, -0.15) is 0 Å². The van der Waals surface area contributed by atoms with E-state index in [1.807, 2.05) is 30.3 Å². The van der Waals surface area contributed by atoms with E-state index in [-0.39, 0.29) is 0 Å². The lowest BCUT2D eigenvalue weighted by Crippen LogP contribution is -2.06. The summed E-state index contributed by atoms with van der Waals surface area (Å²) in [6.07, 6.45) is 9.93. The summed E-state index contributed by atoms with van der Waals surface area (Å²) in [7, 11) is 0. The Kier molecular flexibility index (Phi) is 3.91. The first-order chi connectivity index (χ1) is 9.83. The van der Waals surface area contributed by atoms with Gasteiger partial charge in [-0.1, -0.05) is 29.8 Å². The summed E-state index contributed by atoms with van der Waals surface area (Å²) in [5, 5.41) is 1.10. The molecule has 102 valence electrons. The molecule has 0 saturated carbocycles. The predicted octanol–water partition coefficient (Wildman–Crippen LogP) is 4.24. The van der Waals surface area contributed by atoms with Crippen molar-refractivity contribution in [1.29, 1.82) is 0 Å². The van der Waals surface area contributed by atoms with Crippen LogP contribution in [0.5, 0.6) is 0 Å². The van der Waals surface area contributed by atoms with Crippen LogP contribution in [0, 0.1) is 0 Å². The summed E-state index contributed by atoms with van der Waals surface area (Å²) in [6, 6.07) is 9.99. The average molecular weight is 265 g/mol. The van der Waals surface area contributed by atoms with E-state index in [0.717, 1.165) is 29.3 Å². The van der Waals surface area contributed by atoms with Crippen LogP contribution in [-0.2, 0) is 11.2 Å². The largest absolute Gasteiger partial charge is 0.299 e. The van der Waals surface area contributed by atoms with Gasteiger partial charge in [0.25, 0.3) is 0 Å². The Bertz CT molecular complexity index is 652. The first-order valence-electron chi connectivity index (χ1n) is 7.35. The zero-order valence-electron chi connectivity index (χ0n) is 11.6. The minimum absolute atomic E-state index is 0.314. The third kappa shape index (κ3) is 2.96. The second-order valence-electron chi connectivity index (χ2n) is 5.49. The number of hydrogen-bond acceptors (Lipinski definition) is 2. The molecule has 0 radical (unpaired) electrons. The van der Waals surface area contributed by atoms with Crippen molar-refractivity contribution < 1.29 is 4.79 Å². The van der Waals surface area contributed by atoms with Crippen LogP contribution in [0.15, 0.2) is 48.2 Å². The molecule has 0 bridgehead atoms. The number of allylic oxidation sites excluding steroid dienone is 2. The number of pyridine rings is 1. The number of aromatic nitrogens is 1. The molecule has 1 aromatic heterocycles. The van der Waals surface area contributed by atoms with E-state index in [4.69, 9.17) is 0 Å². The first kappa shape index (κ1) is 13.0. The summed E-state index contributed by atoms with van der Waals surface area (Å²) in [5.74, 6) is 0.314. The van der Waals surface area contributed by atoms with Crippen LogP contribution in [0.4, 0.5) is 0 Å². The van der Waals surface area contributed by atoms with Crippen LogP contribution >= 0.6 is 0 Å². The molecule has 0 spiro atoms. The Morgan fingerprint density at radius 2 is 2.00 bits per heavy atom. The molecule has 2 nitrogen and oxygen atoms in total. The number of para-hydroxylation sites is 1. The molecule has 2 heteroatoms. The van der Waals surface area contributed by atoms with Crippen LogP contribution in [-0.4, -0.2) is 10.8 Å². The second-order valence-corrected chi connectivity index (χ2v) is 5.49. The van der Waals surface area contributed by atoms with E-state index in [2.05, 4.69) is 11.1 Å². The van der Waals surface area contributed by atoms with Gasteiger partial charge in [0.15, 0.2) is 0 Å². The lowest BCUT2D eigenvalue weighted by Gasteiger charge is -2.12. The van der Waals surface area contributed by atoms with Crippen molar-refractivity contribution in [2.45, 2.75) is 38.5 Å². The number of carbonyl (C=O) groups is 1. The Hall–Kier alpha value is -1.96.